The molecule has 0 saturated carbocycles. The molecule has 1 aliphatic heterocycles. The van der Waals surface area contributed by atoms with Crippen LogP contribution in [0, 0.1) is 0 Å². The number of amides is 1. The van der Waals surface area contributed by atoms with Gasteiger partial charge in [-0.25, -0.2) is 4.79 Å². The lowest BCUT2D eigenvalue weighted by Gasteiger charge is -2.10. The van der Waals surface area contributed by atoms with E-state index in [1.807, 2.05) is 6.26 Å². The summed E-state index contributed by atoms with van der Waals surface area (Å²) in [6.07, 6.45) is 1.86. The molecule has 1 heterocycles. The van der Waals surface area contributed by atoms with E-state index in [1.54, 1.807) is 18.2 Å². The standard InChI is InChI=1S/C19H16ClNO6S/c1-10(22)21-14-6-11(3-4-17(14)28-2)15(23)8-25-19(24)12-5-13(20)18-16(7-12)26-9-27-18/h3-7H,8-9H2,1-2H3,(H,21,22). The Morgan fingerprint density at radius 2 is 1.96 bits per heavy atom. The van der Waals surface area contributed by atoms with E-state index in [0.717, 1.165) is 4.90 Å². The summed E-state index contributed by atoms with van der Waals surface area (Å²) in [6, 6.07) is 7.74. The highest BCUT2D eigenvalue weighted by molar-refractivity contribution is 7.98. The van der Waals surface area contributed by atoms with Gasteiger partial charge in [-0.15, -0.1) is 11.8 Å². The number of carbonyl (C=O) groups is 3. The van der Waals surface area contributed by atoms with E-state index in [-0.39, 0.29) is 23.3 Å². The quantitative estimate of drug-likeness (QED) is 0.431. The Labute approximate surface area is 170 Å². The van der Waals surface area contributed by atoms with Crippen molar-refractivity contribution >= 4 is 46.7 Å². The van der Waals surface area contributed by atoms with Crippen LogP contribution in [-0.2, 0) is 9.53 Å². The highest BCUT2D eigenvalue weighted by Crippen LogP contribution is 2.39. The monoisotopic (exact) mass is 421 g/mol. The first-order chi connectivity index (χ1) is 13.4. The van der Waals surface area contributed by atoms with Gasteiger partial charge in [-0.1, -0.05) is 17.7 Å². The van der Waals surface area contributed by atoms with Crippen LogP contribution in [0.2, 0.25) is 5.02 Å². The number of ketones is 1. The lowest BCUT2D eigenvalue weighted by atomic mass is 10.1. The summed E-state index contributed by atoms with van der Waals surface area (Å²) in [6.45, 7) is 0.953. The van der Waals surface area contributed by atoms with Crippen molar-refractivity contribution in [1.29, 1.82) is 0 Å². The molecule has 146 valence electrons. The highest BCUT2D eigenvalue weighted by atomic mass is 35.5. The molecule has 2 aromatic carbocycles. The molecule has 7 nitrogen and oxygen atoms in total. The van der Waals surface area contributed by atoms with Gasteiger partial charge >= 0.3 is 5.97 Å². The molecule has 1 N–H and O–H groups in total. The Hall–Kier alpha value is -2.71. The minimum atomic E-state index is -0.712. The summed E-state index contributed by atoms with van der Waals surface area (Å²) in [5, 5.41) is 2.90. The van der Waals surface area contributed by atoms with E-state index in [1.165, 1.54) is 30.8 Å². The number of hydrogen-bond acceptors (Lipinski definition) is 7. The van der Waals surface area contributed by atoms with Crippen molar-refractivity contribution in [2.75, 3.05) is 25.0 Å². The second-order valence-corrected chi connectivity index (χ2v) is 7.04. The van der Waals surface area contributed by atoms with E-state index >= 15 is 0 Å². The van der Waals surface area contributed by atoms with Crippen LogP contribution >= 0.6 is 23.4 Å². The number of hydrogen-bond donors (Lipinski definition) is 1. The van der Waals surface area contributed by atoms with Crippen molar-refractivity contribution in [3.63, 3.8) is 0 Å². The smallest absolute Gasteiger partial charge is 0.338 e. The summed E-state index contributed by atoms with van der Waals surface area (Å²) in [5.74, 6) is -0.645. The SMILES string of the molecule is CSc1ccc(C(=O)COC(=O)c2cc(Cl)c3c(c2)OCO3)cc1NC(C)=O. The molecule has 1 aliphatic rings. The van der Waals surface area contributed by atoms with Crippen LogP contribution in [0.15, 0.2) is 35.2 Å². The average Bonchev–Trinajstić information content (AvgIpc) is 3.14. The van der Waals surface area contributed by atoms with Gasteiger partial charge < -0.3 is 19.5 Å². The molecular formula is C19H16ClNO6S. The summed E-state index contributed by atoms with van der Waals surface area (Å²) in [4.78, 5) is 36.8. The van der Waals surface area contributed by atoms with Gasteiger partial charge in [0.15, 0.2) is 23.9 Å². The molecule has 0 aromatic heterocycles. The number of thioether (sulfide) groups is 1. The Morgan fingerprint density at radius 1 is 1.18 bits per heavy atom. The van der Waals surface area contributed by atoms with Crippen molar-refractivity contribution in [2.45, 2.75) is 11.8 Å². The summed E-state index contributed by atoms with van der Waals surface area (Å²) in [5.41, 5.74) is 0.997. The fourth-order valence-electron chi connectivity index (χ4n) is 2.55. The minimum Gasteiger partial charge on any atom is -0.454 e. The van der Waals surface area contributed by atoms with Crippen LogP contribution in [0.1, 0.15) is 27.6 Å². The number of halogens is 1. The number of rotatable bonds is 6. The molecule has 2 aromatic rings. The van der Waals surface area contributed by atoms with Gasteiger partial charge in [0.1, 0.15) is 0 Å². The zero-order valence-corrected chi connectivity index (χ0v) is 16.6. The third-order valence-corrected chi connectivity index (χ3v) is 4.91. The first-order valence-corrected chi connectivity index (χ1v) is 9.74. The van der Waals surface area contributed by atoms with Gasteiger partial charge in [0.2, 0.25) is 12.7 Å². The number of benzene rings is 2. The van der Waals surface area contributed by atoms with Crippen LogP contribution in [0.3, 0.4) is 0 Å². The van der Waals surface area contributed by atoms with Crippen LogP contribution < -0.4 is 14.8 Å². The predicted molar refractivity (Wildman–Crippen MR) is 105 cm³/mol. The molecule has 0 bridgehead atoms. The molecule has 0 spiro atoms. The number of carbonyl (C=O) groups excluding carboxylic acids is 3. The second kappa shape index (κ2) is 8.53. The van der Waals surface area contributed by atoms with Crippen molar-refractivity contribution in [3.8, 4) is 11.5 Å². The minimum absolute atomic E-state index is 0.0225. The Balaban J connectivity index is 1.69. The Kier molecular flexibility index (Phi) is 6.11. The number of ether oxygens (including phenoxy) is 3. The lowest BCUT2D eigenvalue weighted by molar-refractivity contribution is -0.114. The topological polar surface area (TPSA) is 90.9 Å². The lowest BCUT2D eigenvalue weighted by Crippen LogP contribution is -2.15. The third-order valence-electron chi connectivity index (χ3n) is 3.83. The molecular weight excluding hydrogens is 406 g/mol. The molecule has 0 aliphatic carbocycles. The number of esters is 1. The molecule has 0 atom stereocenters. The summed E-state index contributed by atoms with van der Waals surface area (Å²) < 4.78 is 15.5. The third kappa shape index (κ3) is 4.40. The van der Waals surface area contributed by atoms with Crippen molar-refractivity contribution in [3.05, 3.63) is 46.5 Å². The average molecular weight is 422 g/mol. The fourth-order valence-corrected chi connectivity index (χ4v) is 3.35. The fraction of sp³-hybridized carbons (Fsp3) is 0.211. The number of nitrogens with one attached hydrogen (secondary N) is 1. The number of fused-ring (bicyclic) bond motifs is 1. The summed E-state index contributed by atoms with van der Waals surface area (Å²) in [7, 11) is 0. The molecule has 9 heteroatoms. The molecule has 1 amide bonds. The van der Waals surface area contributed by atoms with Gasteiger partial charge in [0, 0.05) is 17.4 Å². The van der Waals surface area contributed by atoms with Crippen molar-refractivity contribution < 1.29 is 28.6 Å². The molecule has 0 unspecified atom stereocenters. The van der Waals surface area contributed by atoms with Gasteiger partial charge in [-0.2, -0.15) is 0 Å². The van der Waals surface area contributed by atoms with Crippen LogP contribution in [0.4, 0.5) is 5.69 Å². The van der Waals surface area contributed by atoms with Gasteiger partial charge in [-0.05, 0) is 30.5 Å². The van der Waals surface area contributed by atoms with E-state index in [4.69, 9.17) is 25.8 Å². The normalized spacial score (nSPS) is 11.8. The number of Topliss-reactive ketones (excluding diaryl/α,β-unsaturated/α-hetero) is 1. The molecule has 28 heavy (non-hydrogen) atoms. The Morgan fingerprint density at radius 3 is 2.68 bits per heavy atom. The van der Waals surface area contributed by atoms with Gasteiger partial charge in [0.05, 0.1) is 16.3 Å². The van der Waals surface area contributed by atoms with Gasteiger partial charge in [-0.3, -0.25) is 9.59 Å². The maximum Gasteiger partial charge on any atom is 0.338 e. The maximum atomic E-state index is 12.4. The van der Waals surface area contributed by atoms with Crippen LogP contribution in [0.5, 0.6) is 11.5 Å². The zero-order valence-electron chi connectivity index (χ0n) is 15.0. The van der Waals surface area contributed by atoms with E-state index in [9.17, 15) is 14.4 Å². The highest BCUT2D eigenvalue weighted by Gasteiger charge is 2.22. The van der Waals surface area contributed by atoms with E-state index in [2.05, 4.69) is 5.32 Å². The van der Waals surface area contributed by atoms with Crippen molar-refractivity contribution in [1.82, 2.24) is 0 Å². The largest absolute Gasteiger partial charge is 0.454 e. The molecule has 3 rings (SSSR count). The van der Waals surface area contributed by atoms with E-state index in [0.29, 0.717) is 22.7 Å². The van der Waals surface area contributed by atoms with Crippen LogP contribution in [0.25, 0.3) is 0 Å². The first kappa shape index (κ1) is 20.0. The number of anilines is 1. The van der Waals surface area contributed by atoms with E-state index < -0.39 is 18.4 Å². The summed E-state index contributed by atoms with van der Waals surface area (Å²) >= 11 is 7.49. The second-order valence-electron chi connectivity index (χ2n) is 5.79. The maximum absolute atomic E-state index is 12.4. The predicted octanol–water partition coefficient (Wildman–Crippen LogP) is 3.79. The van der Waals surface area contributed by atoms with Gasteiger partial charge in [0.25, 0.3) is 0 Å². The molecule has 0 fully saturated rings. The molecule has 0 radical (unpaired) electrons. The molecule has 0 saturated heterocycles. The zero-order chi connectivity index (χ0) is 20.3. The first-order valence-electron chi connectivity index (χ1n) is 8.14. The Bertz CT molecular complexity index is 962. The van der Waals surface area contributed by atoms with Crippen LogP contribution in [-0.4, -0.2) is 37.3 Å². The van der Waals surface area contributed by atoms with Crippen molar-refractivity contribution in [2.24, 2.45) is 0 Å².